The minimum Gasteiger partial charge on any atom is -0.381 e. The molecule has 0 atom stereocenters. The summed E-state index contributed by atoms with van der Waals surface area (Å²) in [6, 6.07) is 0. The third-order valence-electron chi connectivity index (χ3n) is 2.21. The lowest BCUT2D eigenvalue weighted by Gasteiger charge is -2.04. The van der Waals surface area contributed by atoms with Crippen LogP contribution in [0.15, 0.2) is 4.99 Å². The highest BCUT2D eigenvalue weighted by molar-refractivity contribution is 14.0. The molecule has 0 fully saturated rings. The first-order valence-electron chi connectivity index (χ1n) is 6.42. The Bertz CT molecular complexity index is 177. The Kier molecular flexibility index (Phi) is 18.1. The molecule has 5 heteroatoms. The number of aliphatic imine (C=N–C) groups is 1. The summed E-state index contributed by atoms with van der Waals surface area (Å²) in [5, 5.41) is 3.08. The number of nitrogens with one attached hydrogen (secondary N) is 1. The number of rotatable bonds is 10. The van der Waals surface area contributed by atoms with E-state index >= 15 is 0 Å². The number of halogens is 1. The van der Waals surface area contributed by atoms with Gasteiger partial charge in [-0.15, -0.1) is 24.0 Å². The second kappa shape index (κ2) is 16.0. The van der Waals surface area contributed by atoms with Crippen molar-refractivity contribution in [2.45, 2.75) is 46.0 Å². The Balaban J connectivity index is 0. The van der Waals surface area contributed by atoms with Crippen LogP contribution in [0.25, 0.3) is 0 Å². The number of hydrogen-bond acceptors (Lipinski definition) is 2. The van der Waals surface area contributed by atoms with Gasteiger partial charge in [-0.25, -0.2) is 0 Å². The van der Waals surface area contributed by atoms with Gasteiger partial charge in [-0.3, -0.25) is 4.99 Å². The van der Waals surface area contributed by atoms with Crippen LogP contribution in [0.1, 0.15) is 46.0 Å². The van der Waals surface area contributed by atoms with Gasteiger partial charge in [-0.1, -0.05) is 26.7 Å². The highest BCUT2D eigenvalue weighted by Gasteiger charge is 1.91. The van der Waals surface area contributed by atoms with E-state index in [0.29, 0.717) is 5.96 Å². The smallest absolute Gasteiger partial charge is 0.188 e. The van der Waals surface area contributed by atoms with Crippen LogP contribution in [-0.4, -0.2) is 32.3 Å². The molecule has 0 unspecified atom stereocenters. The molecule has 0 saturated heterocycles. The number of ether oxygens (including phenoxy) is 1. The highest BCUT2D eigenvalue weighted by Crippen LogP contribution is 1.90. The first-order chi connectivity index (χ1) is 7.81. The molecule has 0 aliphatic carbocycles. The van der Waals surface area contributed by atoms with Gasteiger partial charge in [0.25, 0.3) is 0 Å². The molecule has 0 aromatic carbocycles. The number of nitrogens with zero attached hydrogens (tertiary/aromatic N) is 1. The highest BCUT2D eigenvalue weighted by atomic mass is 127. The predicted molar refractivity (Wildman–Crippen MR) is 85.2 cm³/mol. The van der Waals surface area contributed by atoms with Crippen LogP contribution in [-0.2, 0) is 4.74 Å². The van der Waals surface area contributed by atoms with Gasteiger partial charge in [0.05, 0.1) is 0 Å². The zero-order valence-corrected chi connectivity index (χ0v) is 13.5. The molecule has 0 aromatic rings. The van der Waals surface area contributed by atoms with Crippen LogP contribution in [0.3, 0.4) is 0 Å². The number of hydrogen-bond donors (Lipinski definition) is 2. The van der Waals surface area contributed by atoms with E-state index in [1.807, 2.05) is 0 Å². The van der Waals surface area contributed by atoms with Gasteiger partial charge in [0.15, 0.2) is 5.96 Å². The molecule has 0 bridgehead atoms. The maximum absolute atomic E-state index is 5.67. The van der Waals surface area contributed by atoms with Crippen molar-refractivity contribution in [3.8, 4) is 0 Å². The Morgan fingerprint density at radius 1 is 1.12 bits per heavy atom. The summed E-state index contributed by atoms with van der Waals surface area (Å²) in [6.45, 7) is 7.63. The van der Waals surface area contributed by atoms with Crippen LogP contribution >= 0.6 is 24.0 Å². The van der Waals surface area contributed by atoms with Gasteiger partial charge in [0.2, 0.25) is 0 Å². The van der Waals surface area contributed by atoms with E-state index in [4.69, 9.17) is 10.5 Å². The molecule has 17 heavy (non-hydrogen) atoms. The van der Waals surface area contributed by atoms with E-state index in [2.05, 4.69) is 24.2 Å². The molecular formula is C12H28IN3O. The van der Waals surface area contributed by atoms with Crippen LogP contribution in [0.5, 0.6) is 0 Å². The zero-order valence-electron chi connectivity index (χ0n) is 11.2. The summed E-state index contributed by atoms with van der Waals surface area (Å²) in [6.07, 6.45) is 5.58. The van der Waals surface area contributed by atoms with Crippen molar-refractivity contribution in [2.24, 2.45) is 10.7 Å². The molecule has 0 spiro atoms. The van der Waals surface area contributed by atoms with Crippen LogP contribution < -0.4 is 11.1 Å². The van der Waals surface area contributed by atoms with Gasteiger partial charge in [-0.2, -0.15) is 0 Å². The second-order valence-electron chi connectivity index (χ2n) is 3.87. The monoisotopic (exact) mass is 357 g/mol. The van der Waals surface area contributed by atoms with Crippen molar-refractivity contribution in [2.75, 3.05) is 26.3 Å². The zero-order chi connectivity index (χ0) is 12.1. The Morgan fingerprint density at radius 3 is 2.41 bits per heavy atom. The van der Waals surface area contributed by atoms with Crippen molar-refractivity contribution >= 4 is 29.9 Å². The molecule has 3 N–H and O–H groups in total. The van der Waals surface area contributed by atoms with Crippen molar-refractivity contribution in [1.29, 1.82) is 0 Å². The minimum absolute atomic E-state index is 0. The van der Waals surface area contributed by atoms with Crippen molar-refractivity contribution in [3.05, 3.63) is 0 Å². The van der Waals surface area contributed by atoms with E-state index < -0.39 is 0 Å². The lowest BCUT2D eigenvalue weighted by Crippen LogP contribution is -2.32. The minimum atomic E-state index is 0. The third-order valence-corrected chi connectivity index (χ3v) is 2.21. The molecule has 4 nitrogen and oxygen atoms in total. The third kappa shape index (κ3) is 16.0. The predicted octanol–water partition coefficient (Wildman–Crippen LogP) is 2.52. The summed E-state index contributed by atoms with van der Waals surface area (Å²) in [4.78, 5) is 4.22. The molecular weight excluding hydrogens is 329 g/mol. The summed E-state index contributed by atoms with van der Waals surface area (Å²) in [5.41, 5.74) is 5.67. The van der Waals surface area contributed by atoms with Gasteiger partial charge in [0, 0.05) is 26.3 Å². The van der Waals surface area contributed by atoms with Crippen LogP contribution in [0.2, 0.25) is 0 Å². The summed E-state index contributed by atoms with van der Waals surface area (Å²) in [7, 11) is 0. The lowest BCUT2D eigenvalue weighted by molar-refractivity contribution is 0.130. The fourth-order valence-electron chi connectivity index (χ4n) is 1.16. The SMILES string of the molecule is CCCCNC(N)=NCCCOCCCC.I. The maximum atomic E-state index is 5.67. The second-order valence-corrected chi connectivity index (χ2v) is 3.87. The fourth-order valence-corrected chi connectivity index (χ4v) is 1.16. The first-order valence-corrected chi connectivity index (χ1v) is 6.42. The van der Waals surface area contributed by atoms with Gasteiger partial charge >= 0.3 is 0 Å². The molecule has 0 aliphatic heterocycles. The molecule has 0 aliphatic rings. The van der Waals surface area contributed by atoms with E-state index in [0.717, 1.165) is 45.6 Å². The topological polar surface area (TPSA) is 59.6 Å². The number of guanidine groups is 1. The van der Waals surface area contributed by atoms with E-state index in [1.54, 1.807) is 0 Å². The average Bonchev–Trinajstić information content (AvgIpc) is 2.28. The standard InChI is InChI=1S/C12H27N3O.HI/c1-3-5-8-14-12(13)15-9-7-11-16-10-6-4-2;/h3-11H2,1-2H3,(H3,13,14,15);1H. The van der Waals surface area contributed by atoms with Crippen molar-refractivity contribution in [3.63, 3.8) is 0 Å². The molecule has 0 amide bonds. The number of nitrogens with two attached hydrogens (primary N) is 1. The largest absolute Gasteiger partial charge is 0.381 e. The first kappa shape index (κ1) is 19.3. The Hall–Kier alpha value is -0.0400. The van der Waals surface area contributed by atoms with Crippen LogP contribution in [0, 0.1) is 0 Å². The van der Waals surface area contributed by atoms with Crippen molar-refractivity contribution in [1.82, 2.24) is 5.32 Å². The summed E-state index contributed by atoms with van der Waals surface area (Å²) >= 11 is 0. The quantitative estimate of drug-likeness (QED) is 0.273. The molecule has 0 radical (unpaired) electrons. The molecule has 104 valence electrons. The maximum Gasteiger partial charge on any atom is 0.188 e. The Morgan fingerprint density at radius 2 is 1.76 bits per heavy atom. The molecule has 0 aromatic heterocycles. The molecule has 0 saturated carbocycles. The fraction of sp³-hybridized carbons (Fsp3) is 0.917. The van der Waals surface area contributed by atoms with Crippen molar-refractivity contribution < 1.29 is 4.74 Å². The average molecular weight is 357 g/mol. The number of unbranched alkanes of at least 4 members (excludes halogenated alkanes) is 2. The van der Waals surface area contributed by atoms with Gasteiger partial charge < -0.3 is 15.8 Å². The van der Waals surface area contributed by atoms with E-state index in [9.17, 15) is 0 Å². The normalized spacial score (nSPS) is 11.1. The van der Waals surface area contributed by atoms with E-state index in [-0.39, 0.29) is 24.0 Å². The van der Waals surface area contributed by atoms with E-state index in [1.165, 1.54) is 12.8 Å². The summed E-state index contributed by atoms with van der Waals surface area (Å²) < 4.78 is 5.42. The molecule has 0 heterocycles. The Labute approximate surface area is 123 Å². The lowest BCUT2D eigenvalue weighted by atomic mass is 10.3. The summed E-state index contributed by atoms with van der Waals surface area (Å²) in [5.74, 6) is 0.557. The molecule has 0 rings (SSSR count). The van der Waals surface area contributed by atoms with Crippen LogP contribution in [0.4, 0.5) is 0 Å². The van der Waals surface area contributed by atoms with Gasteiger partial charge in [-0.05, 0) is 19.3 Å². The van der Waals surface area contributed by atoms with Gasteiger partial charge in [0.1, 0.15) is 0 Å².